The van der Waals surface area contributed by atoms with Crippen LogP contribution in [0.1, 0.15) is 24.8 Å². The van der Waals surface area contributed by atoms with E-state index < -0.39 is 5.60 Å². The lowest BCUT2D eigenvalue weighted by Gasteiger charge is -2.32. The van der Waals surface area contributed by atoms with E-state index in [4.69, 9.17) is 4.74 Å². The predicted octanol–water partition coefficient (Wildman–Crippen LogP) is 1.53. The molecule has 1 fully saturated rings. The predicted molar refractivity (Wildman–Crippen MR) is 95.5 cm³/mol. The van der Waals surface area contributed by atoms with Gasteiger partial charge in [0.05, 0.1) is 12.3 Å². The van der Waals surface area contributed by atoms with Crippen molar-refractivity contribution < 1.29 is 14.6 Å². The fourth-order valence-corrected chi connectivity index (χ4v) is 2.59. The number of aldehydes is 1. The second kappa shape index (κ2) is 8.18. The standard InChI is InChI=1S/C19H26N2O3/c1-20(2)17-15-16(5-6-18(17)24-14-4-13-22)7-8-19(23)9-11-21(3)12-10-19/h5-6,13,15,23H,4,9-12,14H2,1-3H3. The zero-order chi connectivity index (χ0) is 17.6. The lowest BCUT2D eigenvalue weighted by atomic mass is 9.92. The van der Waals surface area contributed by atoms with E-state index >= 15 is 0 Å². The summed E-state index contributed by atoms with van der Waals surface area (Å²) in [7, 11) is 5.92. The highest BCUT2D eigenvalue weighted by Crippen LogP contribution is 2.28. The van der Waals surface area contributed by atoms with Crippen molar-refractivity contribution in [3.8, 4) is 17.6 Å². The number of anilines is 1. The Morgan fingerprint density at radius 1 is 1.38 bits per heavy atom. The van der Waals surface area contributed by atoms with Crippen LogP contribution in [0.3, 0.4) is 0 Å². The van der Waals surface area contributed by atoms with Gasteiger partial charge in [-0.15, -0.1) is 0 Å². The highest BCUT2D eigenvalue weighted by molar-refractivity contribution is 5.62. The van der Waals surface area contributed by atoms with Gasteiger partial charge in [-0.1, -0.05) is 11.8 Å². The first-order valence-electron chi connectivity index (χ1n) is 8.25. The number of carbonyl (C=O) groups is 1. The lowest BCUT2D eigenvalue weighted by molar-refractivity contribution is -0.108. The van der Waals surface area contributed by atoms with Gasteiger partial charge in [0, 0.05) is 52.0 Å². The molecule has 0 bridgehead atoms. The van der Waals surface area contributed by atoms with E-state index in [1.54, 1.807) is 0 Å². The monoisotopic (exact) mass is 330 g/mol. The van der Waals surface area contributed by atoms with E-state index in [1.807, 2.05) is 37.2 Å². The van der Waals surface area contributed by atoms with Crippen molar-refractivity contribution in [2.24, 2.45) is 0 Å². The molecule has 0 atom stereocenters. The van der Waals surface area contributed by atoms with Gasteiger partial charge in [-0.3, -0.25) is 0 Å². The second-order valence-corrected chi connectivity index (χ2v) is 6.47. The number of benzene rings is 1. The fraction of sp³-hybridized carbons (Fsp3) is 0.526. The first-order chi connectivity index (χ1) is 11.4. The molecule has 5 nitrogen and oxygen atoms in total. The molecular weight excluding hydrogens is 304 g/mol. The highest BCUT2D eigenvalue weighted by atomic mass is 16.5. The summed E-state index contributed by atoms with van der Waals surface area (Å²) in [5, 5.41) is 10.6. The van der Waals surface area contributed by atoms with Crippen LogP contribution in [0, 0.1) is 11.8 Å². The molecule has 5 heteroatoms. The zero-order valence-electron chi connectivity index (χ0n) is 14.7. The molecule has 1 aliphatic heterocycles. The van der Waals surface area contributed by atoms with Crippen molar-refractivity contribution in [1.29, 1.82) is 0 Å². The first-order valence-corrected chi connectivity index (χ1v) is 8.25. The van der Waals surface area contributed by atoms with Crippen molar-refractivity contribution in [2.45, 2.75) is 24.9 Å². The Balaban J connectivity index is 2.15. The van der Waals surface area contributed by atoms with Gasteiger partial charge in [-0.2, -0.15) is 0 Å². The molecular formula is C19H26N2O3. The van der Waals surface area contributed by atoms with Crippen molar-refractivity contribution in [3.63, 3.8) is 0 Å². The molecule has 0 saturated carbocycles. The van der Waals surface area contributed by atoms with Crippen LogP contribution >= 0.6 is 0 Å². The van der Waals surface area contributed by atoms with Crippen molar-refractivity contribution in [1.82, 2.24) is 4.90 Å². The van der Waals surface area contributed by atoms with E-state index in [0.29, 0.717) is 25.9 Å². The molecule has 0 spiro atoms. The Morgan fingerprint density at radius 2 is 2.08 bits per heavy atom. The first kappa shape index (κ1) is 18.3. The number of nitrogens with zero attached hydrogens (tertiary/aromatic N) is 2. The summed E-state index contributed by atoms with van der Waals surface area (Å²) in [5.41, 5.74) is 0.848. The van der Waals surface area contributed by atoms with Crippen LogP contribution in [0.5, 0.6) is 5.75 Å². The Hall–Kier alpha value is -2.03. The molecule has 1 N–H and O–H groups in total. The maximum atomic E-state index is 10.6. The molecule has 0 unspecified atom stereocenters. The smallest absolute Gasteiger partial charge is 0.142 e. The molecule has 0 radical (unpaired) electrons. The lowest BCUT2D eigenvalue weighted by Crippen LogP contribution is -2.41. The third kappa shape index (κ3) is 4.98. The molecule has 1 aromatic carbocycles. The average molecular weight is 330 g/mol. The maximum Gasteiger partial charge on any atom is 0.142 e. The van der Waals surface area contributed by atoms with Crippen LogP contribution in [-0.2, 0) is 4.79 Å². The van der Waals surface area contributed by atoms with Gasteiger partial charge in [-0.05, 0) is 25.2 Å². The van der Waals surface area contributed by atoms with Crippen LogP contribution in [-0.4, -0.2) is 62.7 Å². The van der Waals surface area contributed by atoms with E-state index in [9.17, 15) is 9.90 Å². The number of aliphatic hydroxyl groups is 1. The fourth-order valence-electron chi connectivity index (χ4n) is 2.59. The third-order valence-electron chi connectivity index (χ3n) is 4.19. The summed E-state index contributed by atoms with van der Waals surface area (Å²) >= 11 is 0. The van der Waals surface area contributed by atoms with Gasteiger partial charge in [0.25, 0.3) is 0 Å². The quantitative estimate of drug-likeness (QED) is 0.504. The van der Waals surface area contributed by atoms with Gasteiger partial charge >= 0.3 is 0 Å². The van der Waals surface area contributed by atoms with Crippen LogP contribution in [0.4, 0.5) is 5.69 Å². The molecule has 130 valence electrons. The number of piperidine rings is 1. The largest absolute Gasteiger partial charge is 0.491 e. The summed E-state index contributed by atoms with van der Waals surface area (Å²) < 4.78 is 5.64. The summed E-state index contributed by atoms with van der Waals surface area (Å²) in [6, 6.07) is 5.69. The second-order valence-electron chi connectivity index (χ2n) is 6.47. The van der Waals surface area contributed by atoms with Crippen molar-refractivity contribution in [3.05, 3.63) is 23.8 Å². The van der Waals surface area contributed by atoms with E-state index in [2.05, 4.69) is 23.8 Å². The molecule has 1 aromatic rings. The minimum atomic E-state index is -0.899. The average Bonchev–Trinajstić information content (AvgIpc) is 2.57. The van der Waals surface area contributed by atoms with Gasteiger partial charge in [0.15, 0.2) is 0 Å². The van der Waals surface area contributed by atoms with Gasteiger partial charge in [0.1, 0.15) is 17.6 Å². The van der Waals surface area contributed by atoms with Crippen LogP contribution in [0.15, 0.2) is 18.2 Å². The summed E-state index contributed by atoms with van der Waals surface area (Å²) in [5.74, 6) is 6.88. The van der Waals surface area contributed by atoms with Crippen LogP contribution in [0.2, 0.25) is 0 Å². The summed E-state index contributed by atoms with van der Waals surface area (Å²) in [4.78, 5) is 14.6. The van der Waals surface area contributed by atoms with Gasteiger partial charge in [0.2, 0.25) is 0 Å². The van der Waals surface area contributed by atoms with E-state index in [0.717, 1.165) is 36.4 Å². The molecule has 24 heavy (non-hydrogen) atoms. The highest BCUT2D eigenvalue weighted by Gasteiger charge is 2.28. The van der Waals surface area contributed by atoms with Gasteiger partial charge < -0.3 is 24.4 Å². The van der Waals surface area contributed by atoms with Crippen molar-refractivity contribution in [2.75, 3.05) is 45.7 Å². The Bertz CT molecular complexity index is 623. The minimum Gasteiger partial charge on any atom is -0.491 e. The maximum absolute atomic E-state index is 10.6. The number of hydrogen-bond acceptors (Lipinski definition) is 5. The molecule has 0 amide bonds. The molecule has 1 aliphatic rings. The minimum absolute atomic E-state index is 0.364. The zero-order valence-corrected chi connectivity index (χ0v) is 14.7. The number of rotatable bonds is 5. The SMILES string of the molecule is CN1CCC(O)(C#Cc2ccc(OCCC=O)c(N(C)C)c2)CC1. The number of hydrogen-bond donors (Lipinski definition) is 1. The molecule has 0 aromatic heterocycles. The molecule has 1 heterocycles. The topological polar surface area (TPSA) is 53.0 Å². The van der Waals surface area contributed by atoms with Crippen molar-refractivity contribution >= 4 is 12.0 Å². The third-order valence-corrected chi connectivity index (χ3v) is 4.19. The van der Waals surface area contributed by atoms with Crippen LogP contribution in [0.25, 0.3) is 0 Å². The number of carbonyl (C=O) groups excluding carboxylic acids is 1. The van der Waals surface area contributed by atoms with E-state index in [1.165, 1.54) is 0 Å². The molecule has 2 rings (SSSR count). The normalized spacial score (nSPS) is 16.8. The molecule has 0 aliphatic carbocycles. The van der Waals surface area contributed by atoms with Gasteiger partial charge in [-0.25, -0.2) is 0 Å². The number of ether oxygens (including phenoxy) is 1. The Morgan fingerprint density at radius 3 is 2.71 bits per heavy atom. The summed E-state index contributed by atoms with van der Waals surface area (Å²) in [6.45, 7) is 2.08. The number of likely N-dealkylation sites (tertiary alicyclic amines) is 1. The van der Waals surface area contributed by atoms with Crippen LogP contribution < -0.4 is 9.64 Å². The molecule has 1 saturated heterocycles. The Labute approximate surface area is 144 Å². The van der Waals surface area contributed by atoms with E-state index in [-0.39, 0.29) is 0 Å². The summed E-state index contributed by atoms with van der Waals surface area (Å²) in [6.07, 6.45) is 2.56. The Kier molecular flexibility index (Phi) is 6.24.